The molecule has 3 aromatic rings. The van der Waals surface area contributed by atoms with Gasteiger partial charge in [0.15, 0.2) is 0 Å². The quantitative estimate of drug-likeness (QED) is 0.614. The standard InChI is InChI=1S/C20H18N4O2/c21-10-2-12-23(15-19-3-1-14-26-19)20(25)9-6-17-4-7-18(8-5-17)24-13-11-22-16-24/h1,3-9,11,13-14,16H,2,12,15H2/b9-6-. The lowest BCUT2D eigenvalue weighted by Crippen LogP contribution is -2.29. The van der Waals surface area contributed by atoms with Gasteiger partial charge in [0.2, 0.25) is 5.91 Å². The summed E-state index contributed by atoms with van der Waals surface area (Å²) in [6.07, 6.45) is 10.5. The van der Waals surface area contributed by atoms with Gasteiger partial charge >= 0.3 is 0 Å². The molecule has 1 amide bonds. The van der Waals surface area contributed by atoms with Gasteiger partial charge in [0.05, 0.1) is 31.6 Å². The number of hydrogen-bond donors (Lipinski definition) is 0. The van der Waals surface area contributed by atoms with Crippen molar-refractivity contribution in [1.82, 2.24) is 14.5 Å². The monoisotopic (exact) mass is 346 g/mol. The molecule has 0 aliphatic carbocycles. The number of benzene rings is 1. The molecule has 0 N–H and O–H groups in total. The molecule has 6 heteroatoms. The first-order valence-electron chi connectivity index (χ1n) is 8.21. The van der Waals surface area contributed by atoms with Gasteiger partial charge in [-0.1, -0.05) is 12.1 Å². The van der Waals surface area contributed by atoms with Crippen molar-refractivity contribution in [2.45, 2.75) is 13.0 Å². The lowest BCUT2D eigenvalue weighted by atomic mass is 10.2. The Hall–Kier alpha value is -3.59. The molecular weight excluding hydrogens is 328 g/mol. The number of amides is 1. The van der Waals surface area contributed by atoms with Crippen molar-refractivity contribution in [3.63, 3.8) is 0 Å². The highest BCUT2D eigenvalue weighted by atomic mass is 16.3. The summed E-state index contributed by atoms with van der Waals surface area (Å²) in [7, 11) is 0. The first-order chi connectivity index (χ1) is 12.8. The third-order valence-corrected chi connectivity index (χ3v) is 3.85. The van der Waals surface area contributed by atoms with E-state index in [9.17, 15) is 4.79 Å². The molecular formula is C20H18N4O2. The van der Waals surface area contributed by atoms with Gasteiger partial charge in [-0.15, -0.1) is 0 Å². The second kappa shape index (κ2) is 8.49. The van der Waals surface area contributed by atoms with Gasteiger partial charge in [0.1, 0.15) is 5.76 Å². The van der Waals surface area contributed by atoms with Crippen LogP contribution in [-0.4, -0.2) is 26.9 Å². The molecule has 6 nitrogen and oxygen atoms in total. The van der Waals surface area contributed by atoms with E-state index in [1.54, 1.807) is 35.8 Å². The van der Waals surface area contributed by atoms with Crippen LogP contribution in [0.3, 0.4) is 0 Å². The van der Waals surface area contributed by atoms with E-state index >= 15 is 0 Å². The van der Waals surface area contributed by atoms with Gasteiger partial charge in [-0.25, -0.2) is 4.98 Å². The van der Waals surface area contributed by atoms with E-state index in [0.717, 1.165) is 11.3 Å². The molecule has 3 rings (SSSR count). The van der Waals surface area contributed by atoms with Crippen molar-refractivity contribution >= 4 is 12.0 Å². The molecule has 0 unspecified atom stereocenters. The van der Waals surface area contributed by atoms with E-state index in [1.807, 2.05) is 41.1 Å². The molecule has 0 bridgehead atoms. The highest BCUT2D eigenvalue weighted by molar-refractivity contribution is 5.91. The highest BCUT2D eigenvalue weighted by Gasteiger charge is 2.12. The van der Waals surface area contributed by atoms with Crippen molar-refractivity contribution in [3.05, 3.63) is 78.8 Å². The Balaban J connectivity index is 1.66. The molecule has 2 heterocycles. The number of nitrogens with zero attached hydrogens (tertiary/aromatic N) is 4. The number of hydrogen-bond acceptors (Lipinski definition) is 4. The van der Waals surface area contributed by atoms with Gasteiger partial charge in [-0.3, -0.25) is 4.79 Å². The van der Waals surface area contributed by atoms with Crippen LogP contribution in [0, 0.1) is 11.3 Å². The lowest BCUT2D eigenvalue weighted by Gasteiger charge is -2.18. The second-order valence-corrected chi connectivity index (χ2v) is 5.64. The number of imidazole rings is 1. The van der Waals surface area contributed by atoms with E-state index < -0.39 is 0 Å². The fraction of sp³-hybridized carbons (Fsp3) is 0.150. The zero-order valence-corrected chi connectivity index (χ0v) is 14.2. The van der Waals surface area contributed by atoms with E-state index in [4.69, 9.17) is 9.68 Å². The Bertz CT molecular complexity index is 888. The molecule has 130 valence electrons. The molecule has 1 aromatic carbocycles. The first kappa shape index (κ1) is 17.2. The number of nitriles is 1. The number of aromatic nitrogens is 2. The average molecular weight is 346 g/mol. The fourth-order valence-electron chi connectivity index (χ4n) is 2.49. The van der Waals surface area contributed by atoms with Gasteiger partial charge in [0.25, 0.3) is 0 Å². The molecule has 0 aliphatic heterocycles. The zero-order valence-electron chi connectivity index (χ0n) is 14.2. The predicted molar refractivity (Wildman–Crippen MR) is 97.0 cm³/mol. The van der Waals surface area contributed by atoms with Crippen LogP contribution in [0.1, 0.15) is 17.7 Å². The predicted octanol–water partition coefficient (Wildman–Crippen LogP) is 3.42. The van der Waals surface area contributed by atoms with Crippen molar-refractivity contribution < 1.29 is 9.21 Å². The third kappa shape index (κ3) is 4.48. The summed E-state index contributed by atoms with van der Waals surface area (Å²) in [5.74, 6) is 0.532. The SMILES string of the molecule is N#CCCN(Cc1ccco1)C(=O)/C=C\c1ccc(-n2ccnc2)cc1. The normalized spacial score (nSPS) is 10.7. The lowest BCUT2D eigenvalue weighted by molar-refractivity contribution is -0.126. The minimum atomic E-state index is -0.157. The Morgan fingerprint density at radius 3 is 2.81 bits per heavy atom. The summed E-state index contributed by atoms with van der Waals surface area (Å²) < 4.78 is 7.21. The molecule has 0 atom stereocenters. The smallest absolute Gasteiger partial charge is 0.247 e. The van der Waals surface area contributed by atoms with Crippen LogP contribution in [-0.2, 0) is 11.3 Å². The molecule has 0 radical (unpaired) electrons. The zero-order chi connectivity index (χ0) is 18.2. The van der Waals surface area contributed by atoms with Crippen LogP contribution in [0.25, 0.3) is 11.8 Å². The van der Waals surface area contributed by atoms with Crippen molar-refractivity contribution in [3.8, 4) is 11.8 Å². The third-order valence-electron chi connectivity index (χ3n) is 3.85. The average Bonchev–Trinajstić information content (AvgIpc) is 3.37. The summed E-state index contributed by atoms with van der Waals surface area (Å²) in [6.45, 7) is 0.706. The molecule has 0 saturated carbocycles. The van der Waals surface area contributed by atoms with E-state index in [-0.39, 0.29) is 12.3 Å². The molecule has 2 aromatic heterocycles. The maximum atomic E-state index is 12.5. The van der Waals surface area contributed by atoms with Crippen molar-refractivity contribution in [1.29, 1.82) is 5.26 Å². The summed E-state index contributed by atoms with van der Waals surface area (Å²) in [5, 5.41) is 8.80. The number of carbonyl (C=O) groups excluding carboxylic acids is 1. The maximum Gasteiger partial charge on any atom is 0.247 e. The summed E-state index contributed by atoms with van der Waals surface area (Å²) in [6, 6.07) is 13.5. The van der Waals surface area contributed by atoms with Crippen LogP contribution in [0.2, 0.25) is 0 Å². The van der Waals surface area contributed by atoms with Crippen molar-refractivity contribution in [2.75, 3.05) is 6.54 Å². The largest absolute Gasteiger partial charge is 0.467 e. The molecule has 0 spiro atoms. The van der Waals surface area contributed by atoms with E-state index in [1.165, 1.54) is 6.08 Å². The fourth-order valence-corrected chi connectivity index (χ4v) is 2.49. The molecule has 26 heavy (non-hydrogen) atoms. The number of furan rings is 1. The maximum absolute atomic E-state index is 12.5. The Labute approximate surface area is 151 Å². The second-order valence-electron chi connectivity index (χ2n) is 5.64. The van der Waals surface area contributed by atoms with Gasteiger partial charge in [-0.2, -0.15) is 5.26 Å². The minimum absolute atomic E-state index is 0.157. The van der Waals surface area contributed by atoms with Crippen LogP contribution in [0.15, 0.2) is 71.9 Å². The van der Waals surface area contributed by atoms with Crippen LogP contribution in [0.5, 0.6) is 0 Å². The summed E-state index contributed by atoms with van der Waals surface area (Å²) in [5.41, 5.74) is 1.92. The van der Waals surface area contributed by atoms with Gasteiger partial charge < -0.3 is 13.9 Å². The van der Waals surface area contributed by atoms with Crippen LogP contribution < -0.4 is 0 Å². The van der Waals surface area contributed by atoms with E-state index in [0.29, 0.717) is 18.8 Å². The molecule has 0 saturated heterocycles. The number of rotatable bonds is 7. The van der Waals surface area contributed by atoms with E-state index in [2.05, 4.69) is 11.1 Å². The van der Waals surface area contributed by atoms with Crippen LogP contribution >= 0.6 is 0 Å². The first-order valence-corrected chi connectivity index (χ1v) is 8.21. The Morgan fingerprint density at radius 2 is 2.15 bits per heavy atom. The molecule has 0 fully saturated rings. The van der Waals surface area contributed by atoms with Crippen molar-refractivity contribution in [2.24, 2.45) is 0 Å². The molecule has 0 aliphatic rings. The Morgan fingerprint density at radius 1 is 1.31 bits per heavy atom. The topological polar surface area (TPSA) is 75.1 Å². The highest BCUT2D eigenvalue weighted by Crippen LogP contribution is 2.12. The number of carbonyl (C=O) groups is 1. The summed E-state index contributed by atoms with van der Waals surface area (Å²) >= 11 is 0. The van der Waals surface area contributed by atoms with Gasteiger partial charge in [0, 0.05) is 30.7 Å². The summed E-state index contributed by atoms with van der Waals surface area (Å²) in [4.78, 5) is 18.1. The van der Waals surface area contributed by atoms with Crippen LogP contribution in [0.4, 0.5) is 0 Å². The van der Waals surface area contributed by atoms with Gasteiger partial charge in [-0.05, 0) is 35.9 Å². The Kier molecular flexibility index (Phi) is 5.63. The minimum Gasteiger partial charge on any atom is -0.467 e.